The zero-order chi connectivity index (χ0) is 26.8. The summed E-state index contributed by atoms with van der Waals surface area (Å²) >= 11 is 0. The molecule has 2 aromatic rings. The van der Waals surface area contributed by atoms with E-state index in [-0.39, 0.29) is 24.5 Å². The van der Waals surface area contributed by atoms with Crippen LogP contribution in [0.1, 0.15) is 73.5 Å². The average molecular weight is 512 g/mol. The Bertz CT molecular complexity index is 1050. The molecule has 3 rings (SSSR count). The summed E-state index contributed by atoms with van der Waals surface area (Å²) in [6, 6.07) is 11.8. The van der Waals surface area contributed by atoms with Crippen molar-refractivity contribution in [3.63, 3.8) is 0 Å². The Labute approximate surface area is 221 Å². The first-order valence-electron chi connectivity index (χ1n) is 13.5. The van der Waals surface area contributed by atoms with E-state index in [1.54, 1.807) is 26.0 Å². The summed E-state index contributed by atoms with van der Waals surface area (Å²) < 4.78 is 25.4. The minimum absolute atomic E-state index is 0.162. The number of hydrogen-bond acceptors (Lipinski definition) is 5. The lowest BCUT2D eigenvalue weighted by Gasteiger charge is -2.28. The number of likely N-dealkylation sites (tertiary alicyclic amines) is 1. The summed E-state index contributed by atoms with van der Waals surface area (Å²) in [6.45, 7) is 9.70. The summed E-state index contributed by atoms with van der Waals surface area (Å²) in [6.07, 6.45) is 7.07. The van der Waals surface area contributed by atoms with Crippen molar-refractivity contribution in [1.82, 2.24) is 4.90 Å². The number of benzene rings is 2. The normalized spacial score (nSPS) is 17.8. The van der Waals surface area contributed by atoms with Crippen LogP contribution in [-0.2, 0) is 20.7 Å². The largest absolute Gasteiger partial charge is 0.463 e. The second kappa shape index (κ2) is 14.4. The van der Waals surface area contributed by atoms with E-state index in [9.17, 15) is 14.3 Å². The van der Waals surface area contributed by atoms with Crippen molar-refractivity contribution < 1.29 is 23.8 Å². The lowest BCUT2D eigenvalue weighted by Crippen LogP contribution is -2.39. The van der Waals surface area contributed by atoms with E-state index < -0.39 is 6.10 Å². The molecule has 6 heteroatoms. The van der Waals surface area contributed by atoms with Crippen LogP contribution < -0.4 is 0 Å². The van der Waals surface area contributed by atoms with E-state index in [4.69, 9.17) is 9.47 Å². The lowest BCUT2D eigenvalue weighted by atomic mass is 9.95. The Morgan fingerprint density at radius 3 is 2.76 bits per heavy atom. The first kappa shape index (κ1) is 29.0. The minimum Gasteiger partial charge on any atom is -0.463 e. The van der Waals surface area contributed by atoms with Gasteiger partial charge in [-0.1, -0.05) is 43.7 Å². The summed E-state index contributed by atoms with van der Waals surface area (Å²) in [5.74, 6) is -0.529. The van der Waals surface area contributed by atoms with Gasteiger partial charge >= 0.3 is 5.97 Å². The Morgan fingerprint density at radius 1 is 1.22 bits per heavy atom. The number of carbonyl (C=O) groups is 1. The summed E-state index contributed by atoms with van der Waals surface area (Å²) in [5.41, 5.74) is 4.67. The molecule has 0 amide bonds. The molecule has 1 aliphatic heterocycles. The molecule has 0 spiro atoms. The van der Waals surface area contributed by atoms with Gasteiger partial charge in [-0.05, 0) is 93.0 Å². The van der Waals surface area contributed by atoms with E-state index in [0.717, 1.165) is 60.9 Å². The highest BCUT2D eigenvalue weighted by Gasteiger charge is 2.27. The zero-order valence-corrected chi connectivity index (χ0v) is 22.7. The molecule has 5 nitrogen and oxygen atoms in total. The lowest BCUT2D eigenvalue weighted by molar-refractivity contribution is -0.137. The van der Waals surface area contributed by atoms with Crippen LogP contribution in [0.2, 0.25) is 0 Å². The van der Waals surface area contributed by atoms with Crippen LogP contribution in [0.25, 0.3) is 6.08 Å². The fraction of sp³-hybridized carbons (Fsp3) is 0.516. The molecule has 202 valence electrons. The van der Waals surface area contributed by atoms with Crippen molar-refractivity contribution in [2.75, 3.05) is 26.3 Å². The number of esters is 1. The molecule has 0 saturated carbocycles. The molecule has 1 heterocycles. The number of aryl methyl sites for hydroxylation is 2. The number of carbonyl (C=O) groups excluding carboxylic acids is 1. The first-order valence-corrected chi connectivity index (χ1v) is 13.5. The van der Waals surface area contributed by atoms with Gasteiger partial charge < -0.3 is 14.6 Å². The van der Waals surface area contributed by atoms with Gasteiger partial charge in [0.1, 0.15) is 5.82 Å². The molecule has 1 N–H and O–H groups in total. The highest BCUT2D eigenvalue weighted by atomic mass is 19.1. The highest BCUT2D eigenvalue weighted by Crippen LogP contribution is 2.30. The van der Waals surface area contributed by atoms with Gasteiger partial charge in [0.15, 0.2) is 0 Å². The first-order chi connectivity index (χ1) is 17.8. The van der Waals surface area contributed by atoms with Gasteiger partial charge in [-0.15, -0.1) is 0 Å². The molecule has 2 aromatic carbocycles. The smallest absolute Gasteiger partial charge is 0.330 e. The quantitative estimate of drug-likeness (QED) is 0.266. The Kier molecular flexibility index (Phi) is 11.3. The molecule has 0 aromatic heterocycles. The monoisotopic (exact) mass is 511 g/mol. The molecular weight excluding hydrogens is 469 g/mol. The topological polar surface area (TPSA) is 59.0 Å². The second-order valence-corrected chi connectivity index (χ2v) is 10.0. The van der Waals surface area contributed by atoms with E-state index in [0.29, 0.717) is 24.8 Å². The second-order valence-electron chi connectivity index (χ2n) is 10.0. The standard InChI is InChI=1S/C31H42FNO4/c1-5-9-30(28-12-7-10-22(3)27(28)15-16-31(35)36-6-2)37-21-26(34)20-33-17-8-11-25(33)18-24-14-13-23(4)29(32)19-24/h7,10,12-16,19,25-26,30,34H,5-6,8-9,11,17-18,20-21H2,1-4H3/t25-,26+,30+/m0/s1. The highest BCUT2D eigenvalue weighted by molar-refractivity contribution is 5.87. The maximum atomic E-state index is 14.0. The van der Waals surface area contributed by atoms with Gasteiger partial charge in [0, 0.05) is 18.7 Å². The van der Waals surface area contributed by atoms with Crippen molar-refractivity contribution in [1.29, 1.82) is 0 Å². The molecular formula is C31H42FNO4. The van der Waals surface area contributed by atoms with Crippen LogP contribution in [0.4, 0.5) is 4.39 Å². The number of hydrogen-bond donors (Lipinski definition) is 1. The summed E-state index contributed by atoms with van der Waals surface area (Å²) in [5, 5.41) is 10.9. The predicted molar refractivity (Wildman–Crippen MR) is 146 cm³/mol. The van der Waals surface area contributed by atoms with Gasteiger partial charge in [0.05, 0.1) is 25.4 Å². The number of halogens is 1. The van der Waals surface area contributed by atoms with Crippen LogP contribution in [-0.4, -0.2) is 54.4 Å². The molecule has 0 radical (unpaired) electrons. The van der Waals surface area contributed by atoms with Crippen molar-refractivity contribution in [3.8, 4) is 0 Å². The van der Waals surface area contributed by atoms with E-state index >= 15 is 0 Å². The van der Waals surface area contributed by atoms with Gasteiger partial charge in [-0.3, -0.25) is 4.90 Å². The Hall–Kier alpha value is -2.54. The van der Waals surface area contributed by atoms with Crippen LogP contribution >= 0.6 is 0 Å². The molecule has 1 fully saturated rings. The van der Waals surface area contributed by atoms with E-state index in [2.05, 4.69) is 11.8 Å². The van der Waals surface area contributed by atoms with Crippen molar-refractivity contribution in [2.45, 2.75) is 78.0 Å². The maximum Gasteiger partial charge on any atom is 0.330 e. The number of ether oxygens (including phenoxy) is 2. The molecule has 1 aliphatic rings. The van der Waals surface area contributed by atoms with Crippen LogP contribution in [0.15, 0.2) is 42.5 Å². The third-order valence-electron chi connectivity index (χ3n) is 7.07. The molecule has 1 saturated heterocycles. The molecule has 37 heavy (non-hydrogen) atoms. The van der Waals surface area contributed by atoms with Gasteiger partial charge in [0.2, 0.25) is 0 Å². The molecule has 0 unspecified atom stereocenters. The SMILES string of the molecule is CCC[C@@H](OC[C@H](O)CN1CCC[C@H]1Cc1ccc(C)c(F)c1)c1cccc(C)c1C=CC(=O)OCC. The zero-order valence-electron chi connectivity index (χ0n) is 22.7. The van der Waals surface area contributed by atoms with Gasteiger partial charge in [-0.2, -0.15) is 0 Å². The molecule has 0 aliphatic carbocycles. The van der Waals surface area contributed by atoms with Gasteiger partial charge in [-0.25, -0.2) is 9.18 Å². The van der Waals surface area contributed by atoms with Crippen LogP contribution in [0.3, 0.4) is 0 Å². The van der Waals surface area contributed by atoms with Crippen LogP contribution in [0, 0.1) is 19.7 Å². The Balaban J connectivity index is 1.63. The maximum absolute atomic E-state index is 14.0. The fourth-order valence-electron chi connectivity index (χ4n) is 5.10. The average Bonchev–Trinajstić information content (AvgIpc) is 3.29. The van der Waals surface area contributed by atoms with Crippen molar-refractivity contribution in [2.24, 2.45) is 0 Å². The summed E-state index contributed by atoms with van der Waals surface area (Å²) in [7, 11) is 0. The summed E-state index contributed by atoms with van der Waals surface area (Å²) in [4.78, 5) is 14.2. The number of rotatable bonds is 13. The minimum atomic E-state index is -0.627. The van der Waals surface area contributed by atoms with E-state index in [1.807, 2.05) is 37.3 Å². The third kappa shape index (κ3) is 8.49. The number of nitrogens with zero attached hydrogens (tertiary/aromatic N) is 1. The Morgan fingerprint density at radius 2 is 2.03 bits per heavy atom. The van der Waals surface area contributed by atoms with E-state index in [1.165, 1.54) is 6.08 Å². The van der Waals surface area contributed by atoms with Crippen LogP contribution in [0.5, 0.6) is 0 Å². The molecule has 3 atom stereocenters. The van der Waals surface area contributed by atoms with Crippen molar-refractivity contribution in [3.05, 3.63) is 76.1 Å². The predicted octanol–water partition coefficient (Wildman–Crippen LogP) is 5.94. The van der Waals surface area contributed by atoms with Crippen molar-refractivity contribution >= 4 is 12.0 Å². The number of β-amino-alcohol motifs (C(OH)–C–C–N with tert-alkyl or cyclic N) is 1. The number of aliphatic hydroxyl groups is 1. The fourth-order valence-corrected chi connectivity index (χ4v) is 5.10. The third-order valence-corrected chi connectivity index (χ3v) is 7.07. The molecule has 0 bridgehead atoms. The van der Waals surface area contributed by atoms with Gasteiger partial charge in [0.25, 0.3) is 0 Å². The number of aliphatic hydroxyl groups excluding tert-OH is 1.